The van der Waals surface area contributed by atoms with E-state index in [2.05, 4.69) is 18.8 Å². The summed E-state index contributed by atoms with van der Waals surface area (Å²) in [5.74, 6) is 1.05. The van der Waals surface area contributed by atoms with Crippen LogP contribution in [0.3, 0.4) is 0 Å². The molecule has 78 valence electrons. The highest BCUT2D eigenvalue weighted by Crippen LogP contribution is 2.33. The van der Waals surface area contributed by atoms with Gasteiger partial charge >= 0.3 is 6.03 Å². The quantitative estimate of drug-likeness (QED) is 0.739. The van der Waals surface area contributed by atoms with E-state index in [1.165, 1.54) is 0 Å². The molecule has 4 heteroatoms. The fourth-order valence-electron chi connectivity index (χ4n) is 1.96. The number of hydrogen-bond donors (Lipinski definition) is 1. The Morgan fingerprint density at radius 1 is 1.57 bits per heavy atom. The Kier molecular flexibility index (Phi) is 2.21. The zero-order chi connectivity index (χ0) is 10.3. The molecular formula is C10H17N3O. The summed E-state index contributed by atoms with van der Waals surface area (Å²) in [6, 6.07) is 0.349. The molecule has 1 unspecified atom stereocenters. The maximum absolute atomic E-state index is 11.5. The molecular weight excluding hydrogens is 178 g/mol. The van der Waals surface area contributed by atoms with Crippen LogP contribution in [0.15, 0.2) is 4.99 Å². The van der Waals surface area contributed by atoms with Crippen molar-refractivity contribution in [3.8, 4) is 0 Å². The van der Waals surface area contributed by atoms with Gasteiger partial charge in [0.05, 0.1) is 6.04 Å². The first-order chi connectivity index (χ1) is 6.59. The summed E-state index contributed by atoms with van der Waals surface area (Å²) in [7, 11) is 0. The Morgan fingerprint density at radius 3 is 2.71 bits per heavy atom. The lowest BCUT2D eigenvalue weighted by molar-refractivity contribution is 0.197. The first kappa shape index (κ1) is 9.49. The number of carbonyl (C=O) groups is 1. The Balaban J connectivity index is 2.10. The Morgan fingerprint density at radius 2 is 2.21 bits per heavy atom. The van der Waals surface area contributed by atoms with Gasteiger partial charge in [0, 0.05) is 6.04 Å². The molecule has 0 aromatic carbocycles. The molecule has 1 aliphatic heterocycles. The summed E-state index contributed by atoms with van der Waals surface area (Å²) < 4.78 is 0. The van der Waals surface area contributed by atoms with E-state index < -0.39 is 0 Å². The number of amidine groups is 1. The number of carbonyl (C=O) groups excluding carboxylic acids is 1. The Labute approximate surface area is 84.2 Å². The van der Waals surface area contributed by atoms with E-state index in [1.807, 2.05) is 4.90 Å². The molecule has 1 heterocycles. The summed E-state index contributed by atoms with van der Waals surface area (Å²) in [5.41, 5.74) is 5.76. The standard InChI is InChI=1S/C10H17N3O/c1-6(2)5-8-9(11)12-10(14)13(8)7-3-4-7/h6-8H,3-5H2,1-2H3,(H2,11,12,14). The smallest absolute Gasteiger partial charge is 0.346 e. The molecule has 1 fully saturated rings. The van der Waals surface area contributed by atoms with Gasteiger partial charge in [0.15, 0.2) is 0 Å². The van der Waals surface area contributed by atoms with E-state index in [0.29, 0.717) is 17.8 Å². The second-order valence-electron chi connectivity index (χ2n) is 4.60. The van der Waals surface area contributed by atoms with Gasteiger partial charge in [-0.3, -0.25) is 0 Å². The minimum atomic E-state index is -0.129. The molecule has 1 aliphatic carbocycles. The van der Waals surface area contributed by atoms with Crippen molar-refractivity contribution < 1.29 is 4.79 Å². The molecule has 4 nitrogen and oxygen atoms in total. The summed E-state index contributed by atoms with van der Waals surface area (Å²) >= 11 is 0. The molecule has 0 spiro atoms. The van der Waals surface area contributed by atoms with Crippen molar-refractivity contribution in [2.75, 3.05) is 0 Å². The Bertz CT molecular complexity index is 281. The predicted octanol–water partition coefficient (Wildman–Crippen LogP) is 1.36. The number of nitrogens with two attached hydrogens (primary N) is 1. The lowest BCUT2D eigenvalue weighted by Crippen LogP contribution is -2.42. The maximum atomic E-state index is 11.5. The van der Waals surface area contributed by atoms with Crippen LogP contribution in [-0.2, 0) is 0 Å². The normalized spacial score (nSPS) is 27.4. The van der Waals surface area contributed by atoms with Gasteiger partial charge in [-0.1, -0.05) is 13.8 Å². The fraction of sp³-hybridized carbons (Fsp3) is 0.800. The minimum Gasteiger partial charge on any atom is -0.385 e. The highest BCUT2D eigenvalue weighted by molar-refractivity contribution is 6.03. The molecule has 2 rings (SSSR count). The van der Waals surface area contributed by atoms with E-state index in [9.17, 15) is 4.79 Å². The topological polar surface area (TPSA) is 58.7 Å². The van der Waals surface area contributed by atoms with E-state index in [-0.39, 0.29) is 12.1 Å². The average Bonchev–Trinajstić information content (AvgIpc) is 2.82. The van der Waals surface area contributed by atoms with Gasteiger partial charge in [0.2, 0.25) is 0 Å². The molecule has 0 bridgehead atoms. The molecule has 2 amide bonds. The number of urea groups is 1. The van der Waals surface area contributed by atoms with Crippen LogP contribution in [0.2, 0.25) is 0 Å². The van der Waals surface area contributed by atoms with Crippen molar-refractivity contribution in [2.24, 2.45) is 16.6 Å². The highest BCUT2D eigenvalue weighted by atomic mass is 16.2. The molecule has 2 N–H and O–H groups in total. The third-order valence-electron chi connectivity index (χ3n) is 2.76. The predicted molar refractivity (Wildman–Crippen MR) is 55.1 cm³/mol. The molecule has 0 aromatic heterocycles. The maximum Gasteiger partial charge on any atom is 0.346 e. The van der Waals surface area contributed by atoms with E-state index in [0.717, 1.165) is 19.3 Å². The third kappa shape index (κ3) is 1.61. The van der Waals surface area contributed by atoms with E-state index in [4.69, 9.17) is 5.73 Å². The largest absolute Gasteiger partial charge is 0.385 e. The van der Waals surface area contributed by atoms with Crippen LogP contribution < -0.4 is 5.73 Å². The van der Waals surface area contributed by atoms with Gasteiger partial charge in [-0.2, -0.15) is 4.99 Å². The molecule has 0 aromatic rings. The molecule has 14 heavy (non-hydrogen) atoms. The van der Waals surface area contributed by atoms with Crippen molar-refractivity contribution in [3.63, 3.8) is 0 Å². The number of rotatable bonds is 3. The van der Waals surface area contributed by atoms with Crippen molar-refractivity contribution in [3.05, 3.63) is 0 Å². The fourth-order valence-corrected chi connectivity index (χ4v) is 1.96. The molecule has 1 saturated carbocycles. The van der Waals surface area contributed by atoms with Crippen molar-refractivity contribution in [1.82, 2.24) is 4.90 Å². The third-order valence-corrected chi connectivity index (χ3v) is 2.76. The van der Waals surface area contributed by atoms with Crippen LogP contribution in [0.4, 0.5) is 4.79 Å². The Hall–Kier alpha value is -1.06. The molecule has 2 aliphatic rings. The minimum absolute atomic E-state index is 0.0648. The van der Waals surface area contributed by atoms with Crippen LogP contribution in [-0.4, -0.2) is 28.9 Å². The number of amides is 2. The SMILES string of the molecule is CC(C)CC1C(N)=NC(=O)N1C1CC1. The van der Waals surface area contributed by atoms with Crippen molar-refractivity contribution in [2.45, 2.75) is 45.2 Å². The van der Waals surface area contributed by atoms with Crippen molar-refractivity contribution in [1.29, 1.82) is 0 Å². The summed E-state index contributed by atoms with van der Waals surface area (Å²) in [6.45, 7) is 4.28. The number of aliphatic imine (C=N–C) groups is 1. The van der Waals surface area contributed by atoms with Gasteiger partial charge in [0.25, 0.3) is 0 Å². The van der Waals surface area contributed by atoms with Crippen LogP contribution in [0.1, 0.15) is 33.1 Å². The van der Waals surface area contributed by atoms with Gasteiger partial charge in [-0.25, -0.2) is 4.79 Å². The lowest BCUT2D eigenvalue weighted by atomic mass is 10.0. The van der Waals surface area contributed by atoms with Gasteiger partial charge < -0.3 is 10.6 Å². The second kappa shape index (κ2) is 3.26. The molecule has 0 radical (unpaired) electrons. The first-order valence-electron chi connectivity index (χ1n) is 5.26. The zero-order valence-electron chi connectivity index (χ0n) is 8.73. The summed E-state index contributed by atoms with van der Waals surface area (Å²) in [4.78, 5) is 17.2. The van der Waals surface area contributed by atoms with Crippen LogP contribution >= 0.6 is 0 Å². The van der Waals surface area contributed by atoms with Crippen LogP contribution in [0.5, 0.6) is 0 Å². The van der Waals surface area contributed by atoms with Gasteiger partial charge in [0.1, 0.15) is 5.84 Å². The summed E-state index contributed by atoms with van der Waals surface area (Å²) in [5, 5.41) is 0. The van der Waals surface area contributed by atoms with E-state index in [1.54, 1.807) is 0 Å². The first-order valence-corrected chi connectivity index (χ1v) is 5.26. The van der Waals surface area contributed by atoms with Crippen LogP contribution in [0.25, 0.3) is 0 Å². The van der Waals surface area contributed by atoms with E-state index >= 15 is 0 Å². The van der Waals surface area contributed by atoms with Gasteiger partial charge in [-0.15, -0.1) is 0 Å². The number of nitrogens with zero attached hydrogens (tertiary/aromatic N) is 2. The average molecular weight is 195 g/mol. The van der Waals surface area contributed by atoms with Crippen LogP contribution in [0, 0.1) is 5.92 Å². The highest BCUT2D eigenvalue weighted by Gasteiger charge is 2.42. The monoisotopic (exact) mass is 195 g/mol. The summed E-state index contributed by atoms with van der Waals surface area (Å²) in [6.07, 6.45) is 3.16. The zero-order valence-corrected chi connectivity index (χ0v) is 8.73. The van der Waals surface area contributed by atoms with Gasteiger partial charge in [-0.05, 0) is 25.2 Å². The van der Waals surface area contributed by atoms with Crippen molar-refractivity contribution >= 4 is 11.9 Å². The molecule has 0 saturated heterocycles. The second-order valence-corrected chi connectivity index (χ2v) is 4.60. The molecule has 1 atom stereocenters. The number of hydrogen-bond acceptors (Lipinski definition) is 2. The lowest BCUT2D eigenvalue weighted by Gasteiger charge is -2.25.